The monoisotopic (exact) mass is 483 g/mol. The van der Waals surface area contributed by atoms with Crippen molar-refractivity contribution in [2.24, 2.45) is 0 Å². The summed E-state index contributed by atoms with van der Waals surface area (Å²) < 4.78 is 24.0. The fourth-order valence-electron chi connectivity index (χ4n) is 2.45. The second-order valence-electron chi connectivity index (χ2n) is 6.27. The minimum absolute atomic E-state index is 0.0831. The van der Waals surface area contributed by atoms with Crippen LogP contribution >= 0.6 is 31.1 Å². The third-order valence-electron chi connectivity index (χ3n) is 3.95. The van der Waals surface area contributed by atoms with Gasteiger partial charge in [0.1, 0.15) is 0 Å². The Balaban J connectivity index is 1.75. The van der Waals surface area contributed by atoms with Crippen LogP contribution in [0.4, 0.5) is 0 Å². The molecular formula is C21H26NO6PS2. The third-order valence-corrected chi connectivity index (χ3v) is 7.70. The molecule has 2 aromatic rings. The van der Waals surface area contributed by atoms with E-state index in [-0.39, 0.29) is 36.2 Å². The van der Waals surface area contributed by atoms with Crippen LogP contribution in [0.3, 0.4) is 0 Å². The molecule has 7 nitrogen and oxygen atoms in total. The van der Waals surface area contributed by atoms with Crippen LogP contribution in [0.1, 0.15) is 27.1 Å². The van der Waals surface area contributed by atoms with Gasteiger partial charge in [-0.05, 0) is 6.42 Å². The molecule has 0 spiro atoms. The standard InChI is InChI=1S/C21H26NO6PS2/c23-20(18-8-3-1-4-9-18)30-16-13-27-29(26,15-7-12-22-25)28-14-17-31-21(24)19-10-5-2-6-11-19/h1-6,8-11,22,25H,7,12-17H2. The summed E-state index contributed by atoms with van der Waals surface area (Å²) in [5.74, 6) is 0.668. The molecule has 0 radical (unpaired) electrons. The Morgan fingerprint density at radius 1 is 0.839 bits per heavy atom. The molecule has 0 heterocycles. The normalized spacial score (nSPS) is 11.4. The van der Waals surface area contributed by atoms with Crippen molar-refractivity contribution >= 4 is 41.4 Å². The van der Waals surface area contributed by atoms with Crippen molar-refractivity contribution in [3.05, 3.63) is 71.8 Å². The minimum atomic E-state index is -3.41. The second kappa shape index (κ2) is 14.6. The Morgan fingerprint density at radius 2 is 1.29 bits per heavy atom. The highest BCUT2D eigenvalue weighted by molar-refractivity contribution is 8.14. The number of carbonyl (C=O) groups is 2. The van der Waals surface area contributed by atoms with Crippen LogP contribution in [-0.2, 0) is 13.6 Å². The van der Waals surface area contributed by atoms with Gasteiger partial charge < -0.3 is 14.3 Å². The van der Waals surface area contributed by atoms with Crippen LogP contribution in [0.5, 0.6) is 0 Å². The summed E-state index contributed by atoms with van der Waals surface area (Å²) in [5, 5.41) is 8.56. The summed E-state index contributed by atoms with van der Waals surface area (Å²) in [4.78, 5) is 24.2. The van der Waals surface area contributed by atoms with E-state index >= 15 is 0 Å². The lowest BCUT2D eigenvalue weighted by Crippen LogP contribution is -2.13. The number of hydrogen-bond donors (Lipinski definition) is 2. The van der Waals surface area contributed by atoms with Crippen molar-refractivity contribution < 1.29 is 28.4 Å². The quantitative estimate of drug-likeness (QED) is 0.224. The Bertz CT molecular complexity index is 790. The van der Waals surface area contributed by atoms with Gasteiger partial charge in [-0.15, -0.1) is 0 Å². The molecule has 2 rings (SSSR count). The lowest BCUT2D eigenvalue weighted by molar-refractivity contribution is 0.108. The minimum Gasteiger partial charge on any atom is -0.317 e. The molecule has 0 aromatic heterocycles. The van der Waals surface area contributed by atoms with Gasteiger partial charge in [0.2, 0.25) is 10.2 Å². The van der Waals surface area contributed by atoms with E-state index in [0.29, 0.717) is 29.1 Å². The first-order valence-corrected chi connectivity index (χ1v) is 13.4. The zero-order chi connectivity index (χ0) is 22.4. The van der Waals surface area contributed by atoms with Crippen LogP contribution in [0.15, 0.2) is 60.7 Å². The fourth-order valence-corrected chi connectivity index (χ4v) is 5.63. The second-order valence-corrected chi connectivity index (χ2v) is 10.6. The van der Waals surface area contributed by atoms with E-state index in [1.165, 1.54) is 0 Å². The van der Waals surface area contributed by atoms with Gasteiger partial charge in [0, 0.05) is 29.2 Å². The number of hydroxylamine groups is 1. The number of benzene rings is 2. The molecule has 0 atom stereocenters. The molecule has 168 valence electrons. The fraction of sp³-hybridized carbons (Fsp3) is 0.333. The summed E-state index contributed by atoms with van der Waals surface area (Å²) in [6.45, 7) is 0.422. The van der Waals surface area contributed by atoms with E-state index < -0.39 is 7.60 Å². The molecule has 10 heteroatoms. The van der Waals surface area contributed by atoms with E-state index in [2.05, 4.69) is 0 Å². The van der Waals surface area contributed by atoms with Crippen LogP contribution in [0.2, 0.25) is 0 Å². The maximum atomic E-state index is 13.0. The van der Waals surface area contributed by atoms with Crippen LogP contribution in [0.25, 0.3) is 0 Å². The molecule has 0 amide bonds. The molecule has 2 N–H and O–H groups in total. The van der Waals surface area contributed by atoms with Crippen LogP contribution in [-0.4, -0.2) is 52.9 Å². The largest absolute Gasteiger partial charge is 0.330 e. The van der Waals surface area contributed by atoms with Crippen molar-refractivity contribution in [1.29, 1.82) is 0 Å². The maximum absolute atomic E-state index is 13.0. The number of carbonyl (C=O) groups excluding carboxylic acids is 2. The molecule has 0 aliphatic rings. The highest BCUT2D eigenvalue weighted by Crippen LogP contribution is 2.48. The summed E-state index contributed by atoms with van der Waals surface area (Å²) in [7, 11) is -3.41. The highest BCUT2D eigenvalue weighted by atomic mass is 32.2. The molecule has 0 saturated carbocycles. The first-order chi connectivity index (χ1) is 15.0. The SMILES string of the molecule is O=C(SCCOP(=O)(CCCNO)OCCSC(=O)c1ccccc1)c1ccccc1. The van der Waals surface area contributed by atoms with E-state index in [9.17, 15) is 14.2 Å². The average molecular weight is 484 g/mol. The van der Waals surface area contributed by atoms with Crippen molar-refractivity contribution in [2.75, 3.05) is 37.4 Å². The van der Waals surface area contributed by atoms with Crippen molar-refractivity contribution in [3.63, 3.8) is 0 Å². The third kappa shape index (κ3) is 10.1. The van der Waals surface area contributed by atoms with Gasteiger partial charge in [0.05, 0.1) is 19.4 Å². The lowest BCUT2D eigenvalue weighted by Gasteiger charge is -2.18. The Kier molecular flexibility index (Phi) is 12.1. The molecule has 0 aliphatic carbocycles. The first-order valence-electron chi connectivity index (χ1n) is 9.73. The number of hydrogen-bond acceptors (Lipinski definition) is 9. The molecule has 0 unspecified atom stereocenters. The Hall–Kier alpha value is -1.45. The summed E-state index contributed by atoms with van der Waals surface area (Å²) in [5.41, 5.74) is 3.21. The van der Waals surface area contributed by atoms with E-state index in [1.54, 1.807) is 48.5 Å². The van der Waals surface area contributed by atoms with Crippen LogP contribution < -0.4 is 5.48 Å². The first kappa shape index (κ1) is 25.8. The molecule has 31 heavy (non-hydrogen) atoms. The van der Waals surface area contributed by atoms with E-state index in [1.807, 2.05) is 17.6 Å². The molecule has 2 aromatic carbocycles. The van der Waals surface area contributed by atoms with Crippen molar-refractivity contribution in [3.8, 4) is 0 Å². The summed E-state index contributed by atoms with van der Waals surface area (Å²) >= 11 is 2.17. The van der Waals surface area contributed by atoms with Gasteiger partial charge in [-0.25, -0.2) is 5.48 Å². The predicted molar refractivity (Wildman–Crippen MR) is 125 cm³/mol. The smallest absolute Gasteiger partial charge is 0.317 e. The number of rotatable bonds is 14. The predicted octanol–water partition coefficient (Wildman–Crippen LogP) is 4.73. The molecule has 0 saturated heterocycles. The van der Waals surface area contributed by atoms with Gasteiger partial charge in [-0.3, -0.25) is 14.2 Å². The topological polar surface area (TPSA) is 102 Å². The zero-order valence-corrected chi connectivity index (χ0v) is 19.5. The van der Waals surface area contributed by atoms with Crippen molar-refractivity contribution in [2.45, 2.75) is 6.42 Å². The number of thioether (sulfide) groups is 2. The Labute approximate surface area is 190 Å². The molecule has 0 bridgehead atoms. The van der Waals surface area contributed by atoms with E-state index in [4.69, 9.17) is 14.3 Å². The van der Waals surface area contributed by atoms with Gasteiger partial charge in [-0.1, -0.05) is 84.2 Å². The molecule has 0 fully saturated rings. The Morgan fingerprint density at radius 3 is 1.71 bits per heavy atom. The summed E-state index contributed by atoms with van der Waals surface area (Å²) in [6.07, 6.45) is 0.509. The zero-order valence-electron chi connectivity index (χ0n) is 17.0. The summed E-state index contributed by atoms with van der Waals surface area (Å²) in [6, 6.07) is 17.8. The van der Waals surface area contributed by atoms with Gasteiger partial charge in [-0.2, -0.15) is 0 Å². The van der Waals surface area contributed by atoms with E-state index in [0.717, 1.165) is 23.5 Å². The molecular weight excluding hydrogens is 457 g/mol. The lowest BCUT2D eigenvalue weighted by atomic mass is 10.2. The van der Waals surface area contributed by atoms with Gasteiger partial charge in [0.25, 0.3) is 0 Å². The van der Waals surface area contributed by atoms with Gasteiger partial charge >= 0.3 is 7.60 Å². The maximum Gasteiger partial charge on any atom is 0.330 e. The van der Waals surface area contributed by atoms with Crippen molar-refractivity contribution in [1.82, 2.24) is 5.48 Å². The molecule has 0 aliphatic heterocycles. The number of nitrogens with one attached hydrogen (secondary N) is 1. The van der Waals surface area contributed by atoms with Crippen LogP contribution in [0, 0.1) is 0 Å². The van der Waals surface area contributed by atoms with Gasteiger partial charge in [0.15, 0.2) is 0 Å². The average Bonchev–Trinajstić information content (AvgIpc) is 2.81. The highest BCUT2D eigenvalue weighted by Gasteiger charge is 2.24.